The average Bonchev–Trinajstić information content (AvgIpc) is 2.38. The molecule has 0 fully saturated rings. The molecule has 0 unspecified atom stereocenters. The Hall–Kier alpha value is -2.16. The highest BCUT2D eigenvalue weighted by Gasteiger charge is 1.97. The quantitative estimate of drug-likeness (QED) is 0.732. The summed E-state index contributed by atoms with van der Waals surface area (Å²) in [5.74, 6) is 0.605. The van der Waals surface area contributed by atoms with E-state index in [0.717, 1.165) is 11.8 Å². The molecular weight excluding hydrogens is 202 g/mol. The lowest BCUT2D eigenvalue weighted by atomic mass is 10.2. The lowest BCUT2D eigenvalue weighted by Gasteiger charge is -2.05. The van der Waals surface area contributed by atoms with Crippen molar-refractivity contribution in [2.75, 3.05) is 0 Å². The number of hydrogen-bond acceptors (Lipinski definition) is 3. The number of benzene rings is 1. The van der Waals surface area contributed by atoms with Gasteiger partial charge in [0.05, 0.1) is 6.20 Å². The summed E-state index contributed by atoms with van der Waals surface area (Å²) in [6, 6.07) is 11.5. The van der Waals surface area contributed by atoms with Crippen LogP contribution in [-0.4, -0.2) is 11.3 Å². The molecular formula is C13H11NO2. The van der Waals surface area contributed by atoms with E-state index in [1.165, 1.54) is 6.20 Å². The molecule has 0 amide bonds. The summed E-state index contributed by atoms with van der Waals surface area (Å²) in [5, 5.41) is 0. The highest BCUT2D eigenvalue weighted by atomic mass is 16.5. The summed E-state index contributed by atoms with van der Waals surface area (Å²) in [4.78, 5) is 14.4. The summed E-state index contributed by atoms with van der Waals surface area (Å²) in [6.07, 6.45) is 3.85. The molecule has 3 heteroatoms. The van der Waals surface area contributed by atoms with Crippen molar-refractivity contribution in [3.63, 3.8) is 0 Å². The molecule has 0 aliphatic heterocycles. The van der Waals surface area contributed by atoms with Gasteiger partial charge >= 0.3 is 0 Å². The second-order valence-electron chi connectivity index (χ2n) is 3.35. The number of rotatable bonds is 4. The molecule has 0 N–H and O–H groups in total. The van der Waals surface area contributed by atoms with Crippen molar-refractivity contribution < 1.29 is 9.53 Å². The van der Waals surface area contributed by atoms with E-state index in [2.05, 4.69) is 4.98 Å². The topological polar surface area (TPSA) is 39.2 Å². The molecule has 3 nitrogen and oxygen atoms in total. The first kappa shape index (κ1) is 10.4. The van der Waals surface area contributed by atoms with Gasteiger partial charge in [0.1, 0.15) is 12.4 Å². The van der Waals surface area contributed by atoms with Gasteiger partial charge in [0.2, 0.25) is 0 Å². The predicted octanol–water partition coefficient (Wildman–Crippen LogP) is 2.47. The van der Waals surface area contributed by atoms with Crippen LogP contribution in [0.2, 0.25) is 0 Å². The Labute approximate surface area is 93.7 Å². The number of pyridine rings is 1. The van der Waals surface area contributed by atoms with Crippen LogP contribution in [0.3, 0.4) is 0 Å². The Morgan fingerprint density at radius 1 is 1.19 bits per heavy atom. The van der Waals surface area contributed by atoms with Crippen molar-refractivity contribution in [2.45, 2.75) is 6.61 Å². The molecule has 0 bridgehead atoms. The van der Waals surface area contributed by atoms with Crippen molar-refractivity contribution in [1.29, 1.82) is 0 Å². The van der Waals surface area contributed by atoms with Crippen molar-refractivity contribution in [2.24, 2.45) is 0 Å². The second-order valence-corrected chi connectivity index (χ2v) is 3.35. The molecule has 2 rings (SSSR count). The fourth-order valence-corrected chi connectivity index (χ4v) is 1.32. The van der Waals surface area contributed by atoms with Crippen LogP contribution in [0.4, 0.5) is 0 Å². The Morgan fingerprint density at radius 2 is 2.00 bits per heavy atom. The van der Waals surface area contributed by atoms with Crippen molar-refractivity contribution >= 4 is 6.29 Å². The normalized spacial score (nSPS) is 9.75. The van der Waals surface area contributed by atoms with Gasteiger partial charge in [-0.1, -0.05) is 30.3 Å². The van der Waals surface area contributed by atoms with Gasteiger partial charge in [0, 0.05) is 11.8 Å². The number of aldehydes is 1. The van der Waals surface area contributed by atoms with E-state index in [0.29, 0.717) is 17.9 Å². The van der Waals surface area contributed by atoms with Gasteiger partial charge in [-0.3, -0.25) is 9.78 Å². The van der Waals surface area contributed by atoms with Gasteiger partial charge in [-0.15, -0.1) is 0 Å². The van der Waals surface area contributed by atoms with Crippen molar-refractivity contribution in [3.05, 3.63) is 59.9 Å². The number of ether oxygens (including phenoxy) is 1. The molecule has 1 aromatic heterocycles. The zero-order valence-electron chi connectivity index (χ0n) is 8.67. The minimum atomic E-state index is 0.477. The second kappa shape index (κ2) is 5.07. The predicted molar refractivity (Wildman–Crippen MR) is 60.4 cm³/mol. The zero-order valence-corrected chi connectivity index (χ0v) is 8.67. The van der Waals surface area contributed by atoms with Gasteiger partial charge in [-0.2, -0.15) is 0 Å². The first-order valence-electron chi connectivity index (χ1n) is 4.95. The lowest BCUT2D eigenvalue weighted by molar-refractivity contribution is 0.112. The molecule has 1 heterocycles. The van der Waals surface area contributed by atoms with Crippen LogP contribution in [0.5, 0.6) is 5.75 Å². The largest absolute Gasteiger partial charge is 0.487 e. The maximum absolute atomic E-state index is 10.5. The summed E-state index contributed by atoms with van der Waals surface area (Å²) >= 11 is 0. The molecule has 1 aromatic carbocycles. The maximum atomic E-state index is 10.5. The van der Waals surface area contributed by atoms with Gasteiger partial charge in [0.25, 0.3) is 0 Å². The smallest absolute Gasteiger partial charge is 0.151 e. The number of carbonyl (C=O) groups is 1. The van der Waals surface area contributed by atoms with Crippen LogP contribution in [-0.2, 0) is 6.61 Å². The fourth-order valence-electron chi connectivity index (χ4n) is 1.32. The van der Waals surface area contributed by atoms with Crippen LogP contribution < -0.4 is 4.74 Å². The molecule has 80 valence electrons. The van der Waals surface area contributed by atoms with Crippen molar-refractivity contribution in [1.82, 2.24) is 4.98 Å². The molecule has 0 aliphatic carbocycles. The summed E-state index contributed by atoms with van der Waals surface area (Å²) in [5.41, 5.74) is 1.60. The number of hydrogen-bond donors (Lipinski definition) is 0. The van der Waals surface area contributed by atoms with Crippen LogP contribution in [0.15, 0.2) is 48.8 Å². The Bertz CT molecular complexity index is 468. The minimum absolute atomic E-state index is 0.477. The van der Waals surface area contributed by atoms with Gasteiger partial charge < -0.3 is 4.74 Å². The molecule has 0 radical (unpaired) electrons. The summed E-state index contributed by atoms with van der Waals surface area (Å²) in [7, 11) is 0. The van der Waals surface area contributed by atoms with Crippen LogP contribution in [0, 0.1) is 0 Å². The Balaban J connectivity index is 2.02. The maximum Gasteiger partial charge on any atom is 0.151 e. The first-order chi connectivity index (χ1) is 7.88. The molecule has 0 saturated heterocycles. The number of nitrogens with zero attached hydrogens (tertiary/aromatic N) is 1. The Morgan fingerprint density at radius 3 is 2.75 bits per heavy atom. The first-order valence-corrected chi connectivity index (χ1v) is 4.95. The van der Waals surface area contributed by atoms with Crippen LogP contribution >= 0.6 is 0 Å². The highest BCUT2D eigenvalue weighted by molar-refractivity contribution is 5.74. The van der Waals surface area contributed by atoms with E-state index < -0.39 is 0 Å². The molecule has 0 saturated carbocycles. The summed E-state index contributed by atoms with van der Waals surface area (Å²) < 4.78 is 5.51. The number of aromatic nitrogens is 1. The number of carbonyl (C=O) groups excluding carboxylic acids is 1. The van der Waals surface area contributed by atoms with E-state index in [1.54, 1.807) is 12.3 Å². The molecule has 0 aliphatic rings. The third-order valence-corrected chi connectivity index (χ3v) is 2.12. The SMILES string of the molecule is O=Cc1cncc(OCc2ccccc2)c1. The lowest BCUT2D eigenvalue weighted by Crippen LogP contribution is -1.96. The van der Waals surface area contributed by atoms with Crippen molar-refractivity contribution in [3.8, 4) is 5.75 Å². The average molecular weight is 213 g/mol. The molecule has 0 atom stereocenters. The minimum Gasteiger partial charge on any atom is -0.487 e. The fraction of sp³-hybridized carbons (Fsp3) is 0.0769. The van der Waals surface area contributed by atoms with E-state index in [1.807, 2.05) is 30.3 Å². The monoisotopic (exact) mass is 213 g/mol. The summed E-state index contributed by atoms with van der Waals surface area (Å²) in [6.45, 7) is 0.477. The zero-order chi connectivity index (χ0) is 11.2. The molecule has 0 spiro atoms. The third kappa shape index (κ3) is 2.67. The highest BCUT2D eigenvalue weighted by Crippen LogP contribution is 2.12. The van der Waals surface area contributed by atoms with E-state index >= 15 is 0 Å². The van der Waals surface area contributed by atoms with Crippen LogP contribution in [0.1, 0.15) is 15.9 Å². The standard InChI is InChI=1S/C13H11NO2/c15-9-12-6-13(8-14-7-12)16-10-11-4-2-1-3-5-11/h1-9H,10H2. The van der Waals surface area contributed by atoms with E-state index in [4.69, 9.17) is 4.74 Å². The van der Waals surface area contributed by atoms with Gasteiger partial charge in [-0.25, -0.2) is 0 Å². The van der Waals surface area contributed by atoms with Gasteiger partial charge in [-0.05, 0) is 11.6 Å². The third-order valence-electron chi connectivity index (χ3n) is 2.12. The van der Waals surface area contributed by atoms with Gasteiger partial charge in [0.15, 0.2) is 6.29 Å². The molecule has 16 heavy (non-hydrogen) atoms. The van der Waals surface area contributed by atoms with E-state index in [-0.39, 0.29) is 0 Å². The van der Waals surface area contributed by atoms with Crippen LogP contribution in [0.25, 0.3) is 0 Å². The molecule has 2 aromatic rings. The van der Waals surface area contributed by atoms with E-state index in [9.17, 15) is 4.79 Å². The Kier molecular flexibility index (Phi) is 3.28.